The maximum Gasteiger partial charge on any atom is 0.260 e. The van der Waals surface area contributed by atoms with Crippen molar-refractivity contribution in [2.24, 2.45) is 0 Å². The molecular formula is C21H23FN2O3. The van der Waals surface area contributed by atoms with Gasteiger partial charge in [-0.15, -0.1) is 0 Å². The minimum absolute atomic E-state index is 0.0720. The fourth-order valence-corrected chi connectivity index (χ4v) is 3.10. The molecule has 0 atom stereocenters. The van der Waals surface area contributed by atoms with Crippen LogP contribution in [0.4, 0.5) is 10.1 Å². The summed E-state index contributed by atoms with van der Waals surface area (Å²) in [7, 11) is 0. The van der Waals surface area contributed by atoms with Crippen LogP contribution in [0.2, 0.25) is 0 Å². The fourth-order valence-electron chi connectivity index (χ4n) is 3.10. The minimum atomic E-state index is -0.430. The average Bonchev–Trinajstić information content (AvgIpc) is 2.96. The molecule has 2 amide bonds. The molecule has 1 fully saturated rings. The molecule has 27 heavy (non-hydrogen) atoms. The monoisotopic (exact) mass is 370 g/mol. The van der Waals surface area contributed by atoms with Crippen molar-refractivity contribution in [2.75, 3.05) is 25.0 Å². The Hall–Kier alpha value is -2.89. The highest BCUT2D eigenvalue weighted by atomic mass is 19.1. The van der Waals surface area contributed by atoms with Crippen LogP contribution in [0.15, 0.2) is 48.5 Å². The van der Waals surface area contributed by atoms with E-state index in [9.17, 15) is 14.0 Å². The zero-order chi connectivity index (χ0) is 19.1. The van der Waals surface area contributed by atoms with Gasteiger partial charge >= 0.3 is 0 Å². The van der Waals surface area contributed by atoms with Gasteiger partial charge in [0, 0.05) is 18.8 Å². The number of para-hydroxylation sites is 1. The number of nitrogens with zero attached hydrogens (tertiary/aromatic N) is 1. The number of nitrogens with one attached hydrogen (secondary N) is 1. The number of likely N-dealkylation sites (tertiary alicyclic amines) is 1. The van der Waals surface area contributed by atoms with E-state index in [-0.39, 0.29) is 12.5 Å². The Morgan fingerprint density at radius 2 is 1.74 bits per heavy atom. The molecule has 0 unspecified atom stereocenters. The van der Waals surface area contributed by atoms with Gasteiger partial charge in [-0.05, 0) is 43.2 Å². The molecule has 2 aromatic carbocycles. The Morgan fingerprint density at radius 1 is 1.00 bits per heavy atom. The Balaban J connectivity index is 1.64. The molecule has 1 saturated heterocycles. The van der Waals surface area contributed by atoms with Crippen LogP contribution < -0.4 is 10.1 Å². The predicted molar refractivity (Wildman–Crippen MR) is 101 cm³/mol. The number of benzene rings is 2. The molecule has 0 saturated carbocycles. The number of amides is 2. The SMILES string of the molecule is O=C(Nc1cccc(F)c1)c1ccccc1OCC(=O)N1CCCCCC1. The smallest absolute Gasteiger partial charge is 0.260 e. The van der Waals surface area contributed by atoms with E-state index in [0.717, 1.165) is 38.8 Å². The van der Waals surface area contributed by atoms with Gasteiger partial charge in [-0.25, -0.2) is 4.39 Å². The molecule has 1 aliphatic rings. The molecule has 6 heteroatoms. The Bertz CT molecular complexity index is 802. The fraction of sp³-hybridized carbons (Fsp3) is 0.333. The molecule has 0 spiro atoms. The van der Waals surface area contributed by atoms with E-state index in [1.54, 1.807) is 30.3 Å². The molecule has 0 radical (unpaired) electrons. The van der Waals surface area contributed by atoms with Gasteiger partial charge in [0.05, 0.1) is 5.56 Å². The van der Waals surface area contributed by atoms with Crippen LogP contribution in [0, 0.1) is 5.82 Å². The highest BCUT2D eigenvalue weighted by molar-refractivity contribution is 6.06. The van der Waals surface area contributed by atoms with Crippen LogP contribution in [-0.2, 0) is 4.79 Å². The second kappa shape index (κ2) is 9.16. The van der Waals surface area contributed by atoms with Gasteiger partial charge in [-0.3, -0.25) is 9.59 Å². The number of ether oxygens (including phenoxy) is 1. The molecule has 1 N–H and O–H groups in total. The summed E-state index contributed by atoms with van der Waals surface area (Å²) in [6.45, 7) is 1.40. The predicted octanol–water partition coefficient (Wildman–Crippen LogP) is 3.86. The lowest BCUT2D eigenvalue weighted by atomic mass is 10.2. The Kier molecular flexibility index (Phi) is 6.41. The van der Waals surface area contributed by atoms with Crippen molar-refractivity contribution in [1.82, 2.24) is 4.90 Å². The van der Waals surface area contributed by atoms with Gasteiger partial charge in [0.15, 0.2) is 6.61 Å². The van der Waals surface area contributed by atoms with Crippen molar-refractivity contribution < 1.29 is 18.7 Å². The van der Waals surface area contributed by atoms with E-state index in [2.05, 4.69) is 5.32 Å². The van der Waals surface area contributed by atoms with Crippen molar-refractivity contribution in [1.29, 1.82) is 0 Å². The molecule has 1 heterocycles. The number of carbonyl (C=O) groups excluding carboxylic acids is 2. The van der Waals surface area contributed by atoms with E-state index >= 15 is 0 Å². The summed E-state index contributed by atoms with van der Waals surface area (Å²) in [5, 5.41) is 2.64. The maximum absolute atomic E-state index is 13.3. The number of hydrogen-bond acceptors (Lipinski definition) is 3. The second-order valence-electron chi connectivity index (χ2n) is 6.54. The summed E-state index contributed by atoms with van der Waals surface area (Å²) in [5.74, 6) is -0.592. The third-order valence-corrected chi connectivity index (χ3v) is 4.52. The molecule has 5 nitrogen and oxygen atoms in total. The highest BCUT2D eigenvalue weighted by Crippen LogP contribution is 2.20. The van der Waals surface area contributed by atoms with E-state index in [1.165, 1.54) is 18.2 Å². The van der Waals surface area contributed by atoms with E-state index in [0.29, 0.717) is 17.0 Å². The van der Waals surface area contributed by atoms with Crippen LogP contribution in [-0.4, -0.2) is 36.4 Å². The molecule has 142 valence electrons. The largest absolute Gasteiger partial charge is 0.483 e. The van der Waals surface area contributed by atoms with Crippen LogP contribution in [0.3, 0.4) is 0 Å². The first-order chi connectivity index (χ1) is 13.1. The summed E-state index contributed by atoms with van der Waals surface area (Å²) in [5.41, 5.74) is 0.654. The van der Waals surface area contributed by atoms with Gasteiger partial charge in [-0.2, -0.15) is 0 Å². The lowest BCUT2D eigenvalue weighted by molar-refractivity contribution is -0.133. The zero-order valence-electron chi connectivity index (χ0n) is 15.1. The third kappa shape index (κ3) is 5.29. The summed E-state index contributed by atoms with van der Waals surface area (Å²) in [6.07, 6.45) is 4.32. The van der Waals surface area contributed by atoms with E-state index < -0.39 is 11.7 Å². The number of halogens is 1. The summed E-state index contributed by atoms with van der Waals surface area (Å²) in [4.78, 5) is 26.7. The topological polar surface area (TPSA) is 58.6 Å². The van der Waals surface area contributed by atoms with Gasteiger partial charge in [0.2, 0.25) is 0 Å². The summed E-state index contributed by atoms with van der Waals surface area (Å²) < 4.78 is 18.9. The number of rotatable bonds is 5. The maximum atomic E-state index is 13.3. The van der Waals surface area contributed by atoms with Crippen LogP contribution in [0.1, 0.15) is 36.0 Å². The van der Waals surface area contributed by atoms with Crippen molar-refractivity contribution >= 4 is 17.5 Å². The normalized spacial score (nSPS) is 14.3. The van der Waals surface area contributed by atoms with Gasteiger partial charge in [0.1, 0.15) is 11.6 Å². The standard InChI is InChI=1S/C21H23FN2O3/c22-16-8-7-9-17(14-16)23-21(26)18-10-3-4-11-19(18)27-15-20(25)24-12-5-1-2-6-13-24/h3-4,7-11,14H,1-2,5-6,12-13,15H2,(H,23,26). The summed E-state index contributed by atoms with van der Waals surface area (Å²) >= 11 is 0. The van der Waals surface area contributed by atoms with Crippen molar-refractivity contribution in [3.8, 4) is 5.75 Å². The molecule has 0 bridgehead atoms. The Labute approximate surface area is 158 Å². The number of hydrogen-bond donors (Lipinski definition) is 1. The zero-order valence-corrected chi connectivity index (χ0v) is 15.1. The van der Waals surface area contributed by atoms with Crippen molar-refractivity contribution in [3.63, 3.8) is 0 Å². The molecule has 0 aromatic heterocycles. The third-order valence-electron chi connectivity index (χ3n) is 4.52. The molecule has 3 rings (SSSR count). The molecule has 0 aliphatic carbocycles. The Morgan fingerprint density at radius 3 is 2.48 bits per heavy atom. The average molecular weight is 370 g/mol. The van der Waals surface area contributed by atoms with Crippen LogP contribution in [0.25, 0.3) is 0 Å². The van der Waals surface area contributed by atoms with E-state index in [1.807, 2.05) is 4.90 Å². The number of carbonyl (C=O) groups is 2. The second-order valence-corrected chi connectivity index (χ2v) is 6.54. The lowest BCUT2D eigenvalue weighted by Gasteiger charge is -2.20. The van der Waals surface area contributed by atoms with Gasteiger partial charge in [0.25, 0.3) is 11.8 Å². The molecule has 2 aromatic rings. The van der Waals surface area contributed by atoms with Crippen molar-refractivity contribution in [2.45, 2.75) is 25.7 Å². The first-order valence-corrected chi connectivity index (χ1v) is 9.20. The van der Waals surface area contributed by atoms with E-state index in [4.69, 9.17) is 4.74 Å². The molecule has 1 aliphatic heterocycles. The number of anilines is 1. The first-order valence-electron chi connectivity index (χ1n) is 9.20. The van der Waals surface area contributed by atoms with Crippen LogP contribution >= 0.6 is 0 Å². The van der Waals surface area contributed by atoms with Crippen LogP contribution in [0.5, 0.6) is 5.75 Å². The summed E-state index contributed by atoms with van der Waals surface area (Å²) in [6, 6.07) is 12.4. The lowest BCUT2D eigenvalue weighted by Crippen LogP contribution is -2.35. The quantitative estimate of drug-likeness (QED) is 0.869. The highest BCUT2D eigenvalue weighted by Gasteiger charge is 2.18. The van der Waals surface area contributed by atoms with Gasteiger partial charge in [-0.1, -0.05) is 31.0 Å². The minimum Gasteiger partial charge on any atom is -0.483 e. The van der Waals surface area contributed by atoms with Crippen molar-refractivity contribution in [3.05, 3.63) is 59.9 Å². The molecular weight excluding hydrogens is 347 g/mol. The van der Waals surface area contributed by atoms with Gasteiger partial charge < -0.3 is 15.0 Å². The first kappa shape index (κ1) is 18.9.